The maximum Gasteiger partial charge on any atom is 0.262 e. The molecule has 2 amide bonds. The van der Waals surface area contributed by atoms with Crippen LogP contribution in [0.5, 0.6) is 0 Å². The zero-order valence-corrected chi connectivity index (χ0v) is 16.1. The van der Waals surface area contributed by atoms with Gasteiger partial charge in [-0.25, -0.2) is 0 Å². The molecule has 1 fully saturated rings. The van der Waals surface area contributed by atoms with E-state index >= 15 is 0 Å². The first kappa shape index (κ1) is 20.4. The zero-order chi connectivity index (χ0) is 17.6. The van der Waals surface area contributed by atoms with Gasteiger partial charge in [0.25, 0.3) is 5.91 Å². The third-order valence-corrected chi connectivity index (χ3v) is 5.35. The molecule has 1 aromatic heterocycles. The van der Waals surface area contributed by atoms with Crippen molar-refractivity contribution in [2.45, 2.75) is 31.3 Å². The molecule has 1 atom stereocenters. The molecule has 26 heavy (non-hydrogen) atoms. The van der Waals surface area contributed by atoms with Gasteiger partial charge in [-0.2, -0.15) is 0 Å². The van der Waals surface area contributed by atoms with Crippen molar-refractivity contribution in [1.29, 1.82) is 0 Å². The maximum absolute atomic E-state index is 13.0. The Balaban J connectivity index is 0.00000243. The molecular formula is C19H24ClN3O2S. The van der Waals surface area contributed by atoms with Gasteiger partial charge in [0.05, 0.1) is 4.88 Å². The SMILES string of the molecule is Cl.NC1CCN(C(=O)C(Cc2ccccc2)NC(=O)c2cccs2)CC1. The minimum atomic E-state index is -0.564. The van der Waals surface area contributed by atoms with Gasteiger partial charge in [0.1, 0.15) is 6.04 Å². The van der Waals surface area contributed by atoms with Crippen LogP contribution in [0.15, 0.2) is 47.8 Å². The van der Waals surface area contributed by atoms with Crippen molar-refractivity contribution in [3.8, 4) is 0 Å². The van der Waals surface area contributed by atoms with Crippen LogP contribution in [0.3, 0.4) is 0 Å². The van der Waals surface area contributed by atoms with E-state index in [2.05, 4.69) is 5.32 Å². The van der Waals surface area contributed by atoms with E-state index in [9.17, 15) is 9.59 Å². The molecule has 0 saturated carbocycles. The van der Waals surface area contributed by atoms with Crippen molar-refractivity contribution in [3.05, 3.63) is 58.3 Å². The van der Waals surface area contributed by atoms with Crippen LogP contribution >= 0.6 is 23.7 Å². The van der Waals surface area contributed by atoms with Crippen molar-refractivity contribution < 1.29 is 9.59 Å². The Hall–Kier alpha value is -1.89. The Kier molecular flexibility index (Phi) is 7.63. The first-order valence-electron chi connectivity index (χ1n) is 8.56. The second-order valence-corrected chi connectivity index (χ2v) is 7.30. The molecule has 1 saturated heterocycles. The molecule has 1 aliphatic heterocycles. The Morgan fingerprint density at radius 3 is 2.46 bits per heavy atom. The number of thiophene rings is 1. The van der Waals surface area contributed by atoms with E-state index in [1.165, 1.54) is 11.3 Å². The van der Waals surface area contributed by atoms with Gasteiger partial charge in [-0.05, 0) is 29.9 Å². The number of benzene rings is 1. The third-order valence-electron chi connectivity index (χ3n) is 4.48. The molecule has 2 aromatic rings. The fourth-order valence-corrected chi connectivity index (χ4v) is 3.65. The average molecular weight is 394 g/mol. The highest BCUT2D eigenvalue weighted by Gasteiger charge is 2.29. The number of nitrogens with one attached hydrogen (secondary N) is 1. The van der Waals surface area contributed by atoms with E-state index in [0.29, 0.717) is 24.4 Å². The van der Waals surface area contributed by atoms with Crippen molar-refractivity contribution >= 4 is 35.6 Å². The van der Waals surface area contributed by atoms with Crippen molar-refractivity contribution in [3.63, 3.8) is 0 Å². The highest BCUT2D eigenvalue weighted by atomic mass is 35.5. The summed E-state index contributed by atoms with van der Waals surface area (Å²) in [5.74, 6) is -0.223. The molecule has 1 unspecified atom stereocenters. The highest BCUT2D eigenvalue weighted by molar-refractivity contribution is 7.12. The Morgan fingerprint density at radius 1 is 1.15 bits per heavy atom. The van der Waals surface area contributed by atoms with E-state index in [0.717, 1.165) is 18.4 Å². The number of nitrogens with zero attached hydrogens (tertiary/aromatic N) is 1. The summed E-state index contributed by atoms with van der Waals surface area (Å²) in [6, 6.07) is 13.0. The van der Waals surface area contributed by atoms with Crippen LogP contribution in [0.2, 0.25) is 0 Å². The smallest absolute Gasteiger partial charge is 0.262 e. The summed E-state index contributed by atoms with van der Waals surface area (Å²) in [6.45, 7) is 1.31. The maximum atomic E-state index is 13.0. The Bertz CT molecular complexity index is 701. The van der Waals surface area contributed by atoms with E-state index < -0.39 is 6.04 Å². The van der Waals surface area contributed by atoms with Crippen LogP contribution in [-0.2, 0) is 11.2 Å². The lowest BCUT2D eigenvalue weighted by Crippen LogP contribution is -2.52. The number of amides is 2. The van der Waals surface area contributed by atoms with Gasteiger partial charge >= 0.3 is 0 Å². The molecule has 5 nitrogen and oxygen atoms in total. The average Bonchev–Trinajstić information content (AvgIpc) is 3.17. The summed E-state index contributed by atoms with van der Waals surface area (Å²) in [4.78, 5) is 27.9. The summed E-state index contributed by atoms with van der Waals surface area (Å²) in [7, 11) is 0. The van der Waals surface area contributed by atoms with E-state index in [1.54, 1.807) is 6.07 Å². The molecule has 2 heterocycles. The number of halogens is 1. The third kappa shape index (κ3) is 5.30. The van der Waals surface area contributed by atoms with Gasteiger partial charge in [-0.3, -0.25) is 9.59 Å². The van der Waals surface area contributed by atoms with Gasteiger partial charge in [0.15, 0.2) is 0 Å². The number of nitrogens with two attached hydrogens (primary N) is 1. The van der Waals surface area contributed by atoms with Crippen molar-refractivity contribution in [2.75, 3.05) is 13.1 Å². The molecule has 1 aromatic carbocycles. The topological polar surface area (TPSA) is 75.4 Å². The predicted octanol–water partition coefficient (Wildman–Crippen LogP) is 2.46. The molecule has 0 spiro atoms. The predicted molar refractivity (Wildman–Crippen MR) is 107 cm³/mol. The second kappa shape index (κ2) is 9.71. The number of piperidine rings is 1. The number of hydrogen-bond donors (Lipinski definition) is 2. The summed E-state index contributed by atoms with van der Waals surface area (Å²) in [6.07, 6.45) is 2.10. The molecule has 0 radical (unpaired) electrons. The molecule has 3 rings (SSSR count). The molecule has 3 N–H and O–H groups in total. The van der Waals surface area contributed by atoms with Gasteiger partial charge in [-0.1, -0.05) is 36.4 Å². The van der Waals surface area contributed by atoms with Gasteiger partial charge in [-0.15, -0.1) is 23.7 Å². The highest BCUT2D eigenvalue weighted by Crippen LogP contribution is 2.14. The lowest BCUT2D eigenvalue weighted by atomic mass is 10.0. The van der Waals surface area contributed by atoms with Crippen LogP contribution in [0.4, 0.5) is 0 Å². The quantitative estimate of drug-likeness (QED) is 0.819. The standard InChI is InChI=1S/C19H23N3O2S.ClH/c20-15-8-10-22(11-9-15)19(24)16(13-14-5-2-1-3-6-14)21-18(23)17-7-4-12-25-17;/h1-7,12,15-16H,8-11,13,20H2,(H,21,23);1H. The lowest BCUT2D eigenvalue weighted by molar-refractivity contribution is -0.134. The van der Waals surface area contributed by atoms with Crippen LogP contribution < -0.4 is 11.1 Å². The Morgan fingerprint density at radius 2 is 1.85 bits per heavy atom. The van der Waals surface area contributed by atoms with Crippen LogP contribution in [0.25, 0.3) is 0 Å². The minimum Gasteiger partial charge on any atom is -0.341 e. The minimum absolute atomic E-state index is 0. The largest absolute Gasteiger partial charge is 0.341 e. The molecular weight excluding hydrogens is 370 g/mol. The van der Waals surface area contributed by atoms with Gasteiger partial charge in [0, 0.05) is 25.6 Å². The molecule has 0 aliphatic carbocycles. The summed E-state index contributed by atoms with van der Waals surface area (Å²) < 4.78 is 0. The summed E-state index contributed by atoms with van der Waals surface area (Å²) in [5, 5.41) is 4.78. The van der Waals surface area contributed by atoms with Crippen LogP contribution in [0, 0.1) is 0 Å². The van der Waals surface area contributed by atoms with Crippen molar-refractivity contribution in [2.24, 2.45) is 5.73 Å². The van der Waals surface area contributed by atoms with E-state index in [-0.39, 0.29) is 30.3 Å². The zero-order valence-electron chi connectivity index (χ0n) is 14.5. The van der Waals surface area contributed by atoms with E-state index in [1.807, 2.05) is 46.7 Å². The normalized spacial score (nSPS) is 15.8. The lowest BCUT2D eigenvalue weighted by Gasteiger charge is -2.33. The van der Waals surface area contributed by atoms with Gasteiger partial charge < -0.3 is 16.0 Å². The molecule has 140 valence electrons. The Labute approximate surface area is 164 Å². The first-order chi connectivity index (χ1) is 12.1. The fourth-order valence-electron chi connectivity index (χ4n) is 3.03. The number of carbonyl (C=O) groups excluding carboxylic acids is 2. The summed E-state index contributed by atoms with van der Waals surface area (Å²) in [5.41, 5.74) is 6.96. The van der Waals surface area contributed by atoms with Crippen LogP contribution in [0.1, 0.15) is 28.1 Å². The van der Waals surface area contributed by atoms with Crippen molar-refractivity contribution in [1.82, 2.24) is 10.2 Å². The number of rotatable bonds is 5. The molecule has 0 bridgehead atoms. The second-order valence-electron chi connectivity index (χ2n) is 6.36. The first-order valence-corrected chi connectivity index (χ1v) is 9.44. The number of carbonyl (C=O) groups is 2. The van der Waals surface area contributed by atoms with E-state index in [4.69, 9.17) is 5.73 Å². The fraction of sp³-hybridized carbons (Fsp3) is 0.368. The molecule has 7 heteroatoms. The monoisotopic (exact) mass is 393 g/mol. The summed E-state index contributed by atoms with van der Waals surface area (Å²) >= 11 is 1.37. The van der Waals surface area contributed by atoms with Crippen LogP contribution in [-0.4, -0.2) is 41.9 Å². The number of hydrogen-bond acceptors (Lipinski definition) is 4. The molecule has 1 aliphatic rings. The van der Waals surface area contributed by atoms with Gasteiger partial charge in [0.2, 0.25) is 5.91 Å². The number of likely N-dealkylation sites (tertiary alicyclic amines) is 1.